The van der Waals surface area contributed by atoms with Crippen LogP contribution in [0.25, 0.3) is 22.8 Å². The van der Waals surface area contributed by atoms with Gasteiger partial charge >= 0.3 is 0 Å². The van der Waals surface area contributed by atoms with Gasteiger partial charge in [0, 0.05) is 18.3 Å². The first kappa shape index (κ1) is 15.5. The SMILES string of the molecule is CCc1cccc(C)c1-c1nccc(-c2cc3n(n2)CCNC3=O)n1. The average molecular weight is 333 g/mol. The maximum Gasteiger partial charge on any atom is 0.269 e. The molecule has 4 rings (SSSR count). The number of rotatable bonds is 3. The summed E-state index contributed by atoms with van der Waals surface area (Å²) < 4.78 is 1.74. The largest absolute Gasteiger partial charge is 0.349 e. The third-order valence-corrected chi connectivity index (χ3v) is 4.50. The van der Waals surface area contributed by atoms with Crippen LogP contribution in [0.1, 0.15) is 28.5 Å². The number of nitrogens with one attached hydrogen (secondary N) is 1. The minimum atomic E-state index is -0.0912. The van der Waals surface area contributed by atoms with Gasteiger partial charge in [0.1, 0.15) is 11.4 Å². The molecule has 6 nitrogen and oxygen atoms in total. The van der Waals surface area contributed by atoms with E-state index < -0.39 is 0 Å². The van der Waals surface area contributed by atoms with Gasteiger partial charge in [-0.1, -0.05) is 25.1 Å². The van der Waals surface area contributed by atoms with Crippen molar-refractivity contribution in [3.05, 3.63) is 53.3 Å². The third kappa shape index (κ3) is 2.69. The van der Waals surface area contributed by atoms with Crippen molar-refractivity contribution in [1.29, 1.82) is 0 Å². The van der Waals surface area contributed by atoms with E-state index in [1.165, 1.54) is 5.56 Å². The van der Waals surface area contributed by atoms with E-state index in [1.807, 2.05) is 6.07 Å². The molecule has 1 aliphatic heterocycles. The van der Waals surface area contributed by atoms with E-state index in [2.05, 4.69) is 47.4 Å². The van der Waals surface area contributed by atoms with Crippen molar-refractivity contribution < 1.29 is 4.79 Å². The first-order valence-corrected chi connectivity index (χ1v) is 8.45. The second-order valence-electron chi connectivity index (χ2n) is 6.12. The Balaban J connectivity index is 1.80. The lowest BCUT2D eigenvalue weighted by Crippen LogP contribution is -2.35. The average Bonchev–Trinajstić information content (AvgIpc) is 3.07. The van der Waals surface area contributed by atoms with E-state index in [4.69, 9.17) is 4.98 Å². The molecule has 1 amide bonds. The molecule has 0 atom stereocenters. The van der Waals surface area contributed by atoms with Crippen LogP contribution in [0.3, 0.4) is 0 Å². The Morgan fingerprint density at radius 1 is 1.24 bits per heavy atom. The van der Waals surface area contributed by atoms with Crippen LogP contribution in [0.2, 0.25) is 0 Å². The molecule has 0 unspecified atom stereocenters. The molecule has 0 aliphatic carbocycles. The molecule has 1 aliphatic rings. The minimum absolute atomic E-state index is 0.0912. The molecule has 0 fully saturated rings. The highest BCUT2D eigenvalue weighted by atomic mass is 16.2. The second-order valence-corrected chi connectivity index (χ2v) is 6.12. The van der Waals surface area contributed by atoms with Crippen LogP contribution >= 0.6 is 0 Å². The zero-order chi connectivity index (χ0) is 17.4. The van der Waals surface area contributed by atoms with Gasteiger partial charge in [-0.3, -0.25) is 9.48 Å². The minimum Gasteiger partial charge on any atom is -0.349 e. The van der Waals surface area contributed by atoms with Crippen molar-refractivity contribution in [2.45, 2.75) is 26.8 Å². The molecular formula is C19H19N5O. The summed E-state index contributed by atoms with van der Waals surface area (Å²) in [6, 6.07) is 9.87. The zero-order valence-corrected chi connectivity index (χ0v) is 14.3. The van der Waals surface area contributed by atoms with Gasteiger partial charge in [-0.2, -0.15) is 5.10 Å². The Morgan fingerprint density at radius 2 is 2.12 bits per heavy atom. The van der Waals surface area contributed by atoms with E-state index in [9.17, 15) is 4.79 Å². The molecule has 1 aromatic carbocycles. The van der Waals surface area contributed by atoms with Crippen LogP contribution in [0.15, 0.2) is 36.5 Å². The maximum atomic E-state index is 11.9. The summed E-state index contributed by atoms with van der Waals surface area (Å²) in [7, 11) is 0. The van der Waals surface area contributed by atoms with Crippen LogP contribution in [0.5, 0.6) is 0 Å². The molecule has 2 aromatic heterocycles. The molecule has 1 N–H and O–H groups in total. The van der Waals surface area contributed by atoms with Crippen LogP contribution in [-0.2, 0) is 13.0 Å². The quantitative estimate of drug-likeness (QED) is 0.800. The number of amides is 1. The van der Waals surface area contributed by atoms with Gasteiger partial charge in [0.2, 0.25) is 0 Å². The van der Waals surface area contributed by atoms with E-state index in [-0.39, 0.29) is 5.91 Å². The fourth-order valence-electron chi connectivity index (χ4n) is 3.23. The van der Waals surface area contributed by atoms with Crippen molar-refractivity contribution in [1.82, 2.24) is 25.1 Å². The lowest BCUT2D eigenvalue weighted by molar-refractivity contribution is 0.0924. The molecule has 0 bridgehead atoms. The fraction of sp³-hybridized carbons (Fsp3) is 0.263. The Labute approximate surface area is 145 Å². The standard InChI is InChI=1S/C19H19N5O/c1-3-13-6-4-5-12(2)17(13)18-20-8-7-14(22-18)15-11-16-19(25)21-9-10-24(16)23-15/h4-8,11H,3,9-10H2,1-2H3,(H,21,25). The van der Waals surface area contributed by atoms with Crippen molar-refractivity contribution >= 4 is 5.91 Å². The van der Waals surface area contributed by atoms with Gasteiger partial charge in [-0.05, 0) is 36.6 Å². The molecule has 0 spiro atoms. The van der Waals surface area contributed by atoms with E-state index in [0.717, 1.165) is 23.2 Å². The number of aryl methyl sites for hydroxylation is 2. The molecule has 3 heterocycles. The molecule has 0 radical (unpaired) electrons. The normalized spacial score (nSPS) is 13.4. The summed E-state index contributed by atoms with van der Waals surface area (Å²) in [5, 5.41) is 7.37. The Hall–Kier alpha value is -3.02. The molecule has 3 aromatic rings. The number of aromatic nitrogens is 4. The van der Waals surface area contributed by atoms with Crippen LogP contribution in [0.4, 0.5) is 0 Å². The van der Waals surface area contributed by atoms with Crippen molar-refractivity contribution in [2.24, 2.45) is 0 Å². The monoisotopic (exact) mass is 333 g/mol. The highest BCUT2D eigenvalue weighted by molar-refractivity contribution is 5.94. The predicted octanol–water partition coefficient (Wildman–Crippen LogP) is 2.62. The summed E-state index contributed by atoms with van der Waals surface area (Å²) in [4.78, 5) is 21.2. The first-order chi connectivity index (χ1) is 12.2. The van der Waals surface area contributed by atoms with Crippen molar-refractivity contribution in [3.8, 4) is 22.8 Å². The van der Waals surface area contributed by atoms with Gasteiger partial charge < -0.3 is 5.32 Å². The predicted molar refractivity (Wildman–Crippen MR) is 95.1 cm³/mol. The van der Waals surface area contributed by atoms with Gasteiger partial charge in [0.25, 0.3) is 5.91 Å². The summed E-state index contributed by atoms with van der Waals surface area (Å²) in [6.45, 7) is 5.48. The maximum absolute atomic E-state index is 11.9. The molecule has 0 saturated carbocycles. The van der Waals surface area contributed by atoms with Gasteiger partial charge in [-0.15, -0.1) is 0 Å². The lowest BCUT2D eigenvalue weighted by atomic mass is 9.99. The summed E-state index contributed by atoms with van der Waals surface area (Å²) in [5.74, 6) is 0.606. The van der Waals surface area contributed by atoms with Crippen molar-refractivity contribution in [2.75, 3.05) is 6.54 Å². The van der Waals surface area contributed by atoms with Gasteiger partial charge in [-0.25, -0.2) is 9.97 Å². The molecule has 0 saturated heterocycles. The second kappa shape index (κ2) is 6.12. The number of nitrogens with zero attached hydrogens (tertiary/aromatic N) is 4. The Morgan fingerprint density at radius 3 is 2.92 bits per heavy atom. The number of hydrogen-bond donors (Lipinski definition) is 1. The number of fused-ring (bicyclic) bond motifs is 1. The molecule has 25 heavy (non-hydrogen) atoms. The number of carbonyl (C=O) groups is 1. The highest BCUT2D eigenvalue weighted by Crippen LogP contribution is 2.27. The smallest absolute Gasteiger partial charge is 0.269 e. The van der Waals surface area contributed by atoms with Crippen LogP contribution < -0.4 is 5.32 Å². The lowest BCUT2D eigenvalue weighted by Gasteiger charge is -2.13. The highest BCUT2D eigenvalue weighted by Gasteiger charge is 2.20. The zero-order valence-electron chi connectivity index (χ0n) is 14.3. The Kier molecular flexibility index (Phi) is 3.80. The molecular weight excluding hydrogens is 314 g/mol. The van der Waals surface area contributed by atoms with Crippen LogP contribution in [-0.4, -0.2) is 32.2 Å². The summed E-state index contributed by atoms with van der Waals surface area (Å²) in [6.07, 6.45) is 2.67. The molecule has 126 valence electrons. The Bertz CT molecular complexity index is 960. The van der Waals surface area contributed by atoms with Crippen molar-refractivity contribution in [3.63, 3.8) is 0 Å². The van der Waals surface area contributed by atoms with E-state index >= 15 is 0 Å². The van der Waals surface area contributed by atoms with E-state index in [0.29, 0.717) is 30.3 Å². The van der Waals surface area contributed by atoms with Crippen LogP contribution in [0, 0.1) is 6.92 Å². The third-order valence-electron chi connectivity index (χ3n) is 4.50. The first-order valence-electron chi connectivity index (χ1n) is 8.45. The topological polar surface area (TPSA) is 72.7 Å². The number of hydrogen-bond acceptors (Lipinski definition) is 4. The van der Waals surface area contributed by atoms with E-state index in [1.54, 1.807) is 16.9 Å². The van der Waals surface area contributed by atoms with Gasteiger partial charge in [0.15, 0.2) is 5.82 Å². The fourth-order valence-corrected chi connectivity index (χ4v) is 3.23. The number of carbonyl (C=O) groups excluding carboxylic acids is 1. The summed E-state index contributed by atoms with van der Waals surface area (Å²) >= 11 is 0. The number of benzene rings is 1. The van der Waals surface area contributed by atoms with Gasteiger partial charge in [0.05, 0.1) is 12.2 Å². The summed E-state index contributed by atoms with van der Waals surface area (Å²) in [5.41, 5.74) is 5.45. The molecule has 6 heteroatoms.